The lowest BCUT2D eigenvalue weighted by molar-refractivity contribution is 0.0774. The van der Waals surface area contributed by atoms with Crippen LogP contribution in [-0.2, 0) is 0 Å². The van der Waals surface area contributed by atoms with Crippen molar-refractivity contribution in [1.29, 1.82) is 0 Å². The molecule has 2 aromatic carbocycles. The summed E-state index contributed by atoms with van der Waals surface area (Å²) in [7, 11) is 3.23. The fraction of sp³-hybridized carbons (Fsp3) is 0.316. The number of hydrogen-bond donors (Lipinski definition) is 0. The van der Waals surface area contributed by atoms with Gasteiger partial charge < -0.3 is 14.4 Å². The minimum atomic E-state index is 0.0346. The highest BCUT2D eigenvalue weighted by molar-refractivity contribution is 6.01. The molecule has 0 heterocycles. The van der Waals surface area contributed by atoms with Crippen molar-refractivity contribution in [2.75, 3.05) is 27.3 Å². The SMILES string of the molecule is CCN(CC)C(=O)c1ccccc1-c1cc(OC)cc(OC)c1. The first-order chi connectivity index (χ1) is 11.1. The fourth-order valence-electron chi connectivity index (χ4n) is 2.57. The van der Waals surface area contributed by atoms with Gasteiger partial charge in [0.15, 0.2) is 0 Å². The highest BCUT2D eigenvalue weighted by Crippen LogP contribution is 2.32. The molecule has 0 fully saturated rings. The third-order valence-electron chi connectivity index (χ3n) is 3.87. The van der Waals surface area contributed by atoms with Crippen molar-refractivity contribution in [3.63, 3.8) is 0 Å². The van der Waals surface area contributed by atoms with Crippen LogP contribution in [0.2, 0.25) is 0 Å². The fourth-order valence-corrected chi connectivity index (χ4v) is 2.57. The van der Waals surface area contributed by atoms with Crippen molar-refractivity contribution in [3.05, 3.63) is 48.0 Å². The van der Waals surface area contributed by atoms with Crippen LogP contribution in [0.3, 0.4) is 0 Å². The van der Waals surface area contributed by atoms with E-state index in [1.165, 1.54) is 0 Å². The van der Waals surface area contributed by atoms with Gasteiger partial charge in [0.05, 0.1) is 14.2 Å². The molecule has 0 aliphatic rings. The predicted molar refractivity (Wildman–Crippen MR) is 92.2 cm³/mol. The standard InChI is InChI=1S/C19H23NO3/c1-5-20(6-2)19(21)18-10-8-7-9-17(18)14-11-15(22-3)13-16(12-14)23-4/h7-13H,5-6H2,1-4H3. The monoisotopic (exact) mass is 313 g/mol. The van der Waals surface area contributed by atoms with Crippen molar-refractivity contribution in [2.45, 2.75) is 13.8 Å². The third kappa shape index (κ3) is 3.65. The highest BCUT2D eigenvalue weighted by Gasteiger charge is 2.17. The van der Waals surface area contributed by atoms with Crippen LogP contribution >= 0.6 is 0 Å². The minimum absolute atomic E-state index is 0.0346. The maximum absolute atomic E-state index is 12.8. The molecular weight excluding hydrogens is 290 g/mol. The molecule has 122 valence electrons. The van der Waals surface area contributed by atoms with E-state index < -0.39 is 0 Å². The van der Waals surface area contributed by atoms with E-state index in [-0.39, 0.29) is 5.91 Å². The average Bonchev–Trinajstić information content (AvgIpc) is 2.62. The van der Waals surface area contributed by atoms with E-state index in [0.717, 1.165) is 11.1 Å². The van der Waals surface area contributed by atoms with Crippen molar-refractivity contribution in [1.82, 2.24) is 4.90 Å². The smallest absolute Gasteiger partial charge is 0.254 e. The number of carbonyl (C=O) groups is 1. The van der Waals surface area contributed by atoms with Gasteiger partial charge in [0, 0.05) is 24.7 Å². The summed E-state index contributed by atoms with van der Waals surface area (Å²) in [6.07, 6.45) is 0. The molecule has 0 saturated carbocycles. The number of methoxy groups -OCH3 is 2. The van der Waals surface area contributed by atoms with Crippen LogP contribution in [0.1, 0.15) is 24.2 Å². The molecule has 4 nitrogen and oxygen atoms in total. The molecule has 4 heteroatoms. The van der Waals surface area contributed by atoms with Crippen LogP contribution in [-0.4, -0.2) is 38.1 Å². The Labute approximate surface area is 137 Å². The highest BCUT2D eigenvalue weighted by atomic mass is 16.5. The third-order valence-corrected chi connectivity index (χ3v) is 3.87. The van der Waals surface area contributed by atoms with Gasteiger partial charge in [-0.15, -0.1) is 0 Å². The molecule has 23 heavy (non-hydrogen) atoms. The van der Waals surface area contributed by atoms with Gasteiger partial charge in [-0.1, -0.05) is 18.2 Å². The Morgan fingerprint density at radius 3 is 2.04 bits per heavy atom. The second-order valence-electron chi connectivity index (χ2n) is 5.12. The Morgan fingerprint density at radius 1 is 0.957 bits per heavy atom. The van der Waals surface area contributed by atoms with E-state index in [9.17, 15) is 4.79 Å². The van der Waals surface area contributed by atoms with E-state index >= 15 is 0 Å². The Balaban J connectivity index is 2.55. The maximum Gasteiger partial charge on any atom is 0.254 e. The lowest BCUT2D eigenvalue weighted by Gasteiger charge is -2.20. The van der Waals surface area contributed by atoms with Crippen LogP contribution in [0.4, 0.5) is 0 Å². The molecule has 0 saturated heterocycles. The molecule has 0 aromatic heterocycles. The first-order valence-electron chi connectivity index (χ1n) is 7.76. The summed E-state index contributed by atoms with van der Waals surface area (Å²) in [5.41, 5.74) is 2.46. The molecular formula is C19H23NO3. The Bertz CT molecular complexity index is 656. The summed E-state index contributed by atoms with van der Waals surface area (Å²) in [6, 6.07) is 13.3. The van der Waals surface area contributed by atoms with Crippen molar-refractivity contribution in [3.8, 4) is 22.6 Å². The van der Waals surface area contributed by atoms with Gasteiger partial charge >= 0.3 is 0 Å². The van der Waals surface area contributed by atoms with E-state index in [1.54, 1.807) is 14.2 Å². The van der Waals surface area contributed by atoms with Crippen molar-refractivity contribution >= 4 is 5.91 Å². The molecule has 0 bridgehead atoms. The number of rotatable bonds is 6. The minimum Gasteiger partial charge on any atom is -0.497 e. The topological polar surface area (TPSA) is 38.8 Å². The first kappa shape index (κ1) is 16.9. The number of ether oxygens (including phenoxy) is 2. The van der Waals surface area contributed by atoms with Gasteiger partial charge in [-0.05, 0) is 43.2 Å². The summed E-state index contributed by atoms with van der Waals surface area (Å²) >= 11 is 0. The molecule has 0 radical (unpaired) electrons. The van der Waals surface area contributed by atoms with Crippen LogP contribution < -0.4 is 9.47 Å². The van der Waals surface area contributed by atoms with Gasteiger partial charge in [-0.3, -0.25) is 4.79 Å². The first-order valence-corrected chi connectivity index (χ1v) is 7.76. The Hall–Kier alpha value is -2.49. The summed E-state index contributed by atoms with van der Waals surface area (Å²) in [4.78, 5) is 14.6. The van der Waals surface area contributed by atoms with Gasteiger partial charge in [0.25, 0.3) is 5.91 Å². The van der Waals surface area contributed by atoms with Gasteiger partial charge in [-0.2, -0.15) is 0 Å². The average molecular weight is 313 g/mol. The lowest BCUT2D eigenvalue weighted by Crippen LogP contribution is -2.30. The van der Waals surface area contributed by atoms with E-state index in [0.29, 0.717) is 30.2 Å². The van der Waals surface area contributed by atoms with Gasteiger partial charge in [0.1, 0.15) is 11.5 Å². The molecule has 0 spiro atoms. The van der Waals surface area contributed by atoms with Crippen LogP contribution in [0, 0.1) is 0 Å². The second kappa shape index (κ2) is 7.68. The summed E-state index contributed by atoms with van der Waals surface area (Å²) in [5, 5.41) is 0. The lowest BCUT2D eigenvalue weighted by atomic mass is 9.98. The van der Waals surface area contributed by atoms with Crippen molar-refractivity contribution in [2.24, 2.45) is 0 Å². The molecule has 1 amide bonds. The maximum atomic E-state index is 12.8. The quantitative estimate of drug-likeness (QED) is 0.813. The predicted octanol–water partition coefficient (Wildman–Crippen LogP) is 3.85. The van der Waals surface area contributed by atoms with Crippen LogP contribution in [0.25, 0.3) is 11.1 Å². The summed E-state index contributed by atoms with van der Waals surface area (Å²) < 4.78 is 10.7. The van der Waals surface area contributed by atoms with Crippen LogP contribution in [0.15, 0.2) is 42.5 Å². The molecule has 0 aliphatic carbocycles. The largest absolute Gasteiger partial charge is 0.497 e. The number of hydrogen-bond acceptors (Lipinski definition) is 3. The zero-order chi connectivity index (χ0) is 16.8. The molecule has 0 N–H and O–H groups in total. The number of nitrogens with zero attached hydrogens (tertiary/aromatic N) is 1. The normalized spacial score (nSPS) is 10.3. The summed E-state index contributed by atoms with van der Waals surface area (Å²) in [6.45, 7) is 5.34. The molecule has 0 aliphatic heterocycles. The molecule has 0 atom stereocenters. The second-order valence-corrected chi connectivity index (χ2v) is 5.12. The Kier molecular flexibility index (Phi) is 5.63. The van der Waals surface area contributed by atoms with Crippen LogP contribution in [0.5, 0.6) is 11.5 Å². The van der Waals surface area contributed by atoms with E-state index in [2.05, 4.69) is 0 Å². The van der Waals surface area contributed by atoms with E-state index in [1.807, 2.05) is 61.2 Å². The van der Waals surface area contributed by atoms with Crippen molar-refractivity contribution < 1.29 is 14.3 Å². The molecule has 0 unspecified atom stereocenters. The van der Waals surface area contributed by atoms with E-state index in [4.69, 9.17) is 9.47 Å². The Morgan fingerprint density at radius 2 is 1.52 bits per heavy atom. The number of carbonyl (C=O) groups excluding carboxylic acids is 1. The number of amides is 1. The molecule has 2 rings (SSSR count). The molecule has 2 aromatic rings. The van der Waals surface area contributed by atoms with Gasteiger partial charge in [-0.25, -0.2) is 0 Å². The number of benzene rings is 2. The zero-order valence-electron chi connectivity index (χ0n) is 14.1. The van der Waals surface area contributed by atoms with Gasteiger partial charge in [0.2, 0.25) is 0 Å². The zero-order valence-corrected chi connectivity index (χ0v) is 14.1. The summed E-state index contributed by atoms with van der Waals surface area (Å²) in [5.74, 6) is 1.43.